The molecule has 0 aliphatic rings. The standard InChI is InChI=1S/C10H11FO3/c11-9-2-4-10(5-3-9)14-7-1-6-13-8-12/h2-5,8H,1,6-7H2. The van der Waals surface area contributed by atoms with Crippen molar-refractivity contribution in [3.8, 4) is 5.75 Å². The summed E-state index contributed by atoms with van der Waals surface area (Å²) in [4.78, 5) is 9.77. The van der Waals surface area contributed by atoms with Gasteiger partial charge in [-0.1, -0.05) is 0 Å². The van der Waals surface area contributed by atoms with Crippen LogP contribution in [0.3, 0.4) is 0 Å². The van der Waals surface area contributed by atoms with Gasteiger partial charge in [0.15, 0.2) is 0 Å². The lowest BCUT2D eigenvalue weighted by Gasteiger charge is -2.04. The lowest BCUT2D eigenvalue weighted by atomic mass is 10.3. The van der Waals surface area contributed by atoms with Crippen LogP contribution in [0.15, 0.2) is 24.3 Å². The van der Waals surface area contributed by atoms with Crippen molar-refractivity contribution in [2.45, 2.75) is 6.42 Å². The third-order valence-corrected chi connectivity index (χ3v) is 1.56. The molecule has 0 saturated heterocycles. The summed E-state index contributed by atoms with van der Waals surface area (Å²) >= 11 is 0. The van der Waals surface area contributed by atoms with Crippen LogP contribution in [0.1, 0.15) is 6.42 Å². The second-order valence-corrected chi connectivity index (χ2v) is 2.62. The average molecular weight is 198 g/mol. The molecule has 0 aliphatic carbocycles. The predicted octanol–water partition coefficient (Wildman–Crippen LogP) is 1.77. The molecule has 4 heteroatoms. The van der Waals surface area contributed by atoms with Crippen molar-refractivity contribution in [3.63, 3.8) is 0 Å². The van der Waals surface area contributed by atoms with Gasteiger partial charge in [-0.15, -0.1) is 0 Å². The number of rotatable bonds is 6. The fourth-order valence-electron chi connectivity index (χ4n) is 0.911. The second kappa shape index (κ2) is 5.96. The molecule has 0 atom stereocenters. The first-order valence-electron chi connectivity index (χ1n) is 4.26. The highest BCUT2D eigenvalue weighted by Crippen LogP contribution is 2.10. The summed E-state index contributed by atoms with van der Waals surface area (Å²) in [6, 6.07) is 5.76. The van der Waals surface area contributed by atoms with Crippen LogP contribution < -0.4 is 4.74 Å². The van der Waals surface area contributed by atoms with Gasteiger partial charge in [-0.05, 0) is 24.3 Å². The largest absolute Gasteiger partial charge is 0.493 e. The lowest BCUT2D eigenvalue weighted by molar-refractivity contribution is -0.128. The van der Waals surface area contributed by atoms with Crippen LogP contribution in [0, 0.1) is 5.82 Å². The molecule has 3 nitrogen and oxygen atoms in total. The summed E-state index contributed by atoms with van der Waals surface area (Å²) in [5.41, 5.74) is 0. The van der Waals surface area contributed by atoms with Gasteiger partial charge in [-0.2, -0.15) is 0 Å². The molecule has 0 aromatic heterocycles. The van der Waals surface area contributed by atoms with Gasteiger partial charge in [0.2, 0.25) is 0 Å². The molecule has 0 amide bonds. The number of carbonyl (C=O) groups is 1. The molecule has 0 bridgehead atoms. The van der Waals surface area contributed by atoms with Crippen LogP contribution in [-0.4, -0.2) is 19.7 Å². The molecule has 1 aromatic carbocycles. The Hall–Kier alpha value is -1.58. The Labute approximate surface area is 81.4 Å². The summed E-state index contributed by atoms with van der Waals surface area (Å²) in [5.74, 6) is 0.319. The summed E-state index contributed by atoms with van der Waals surface area (Å²) in [5, 5.41) is 0. The minimum atomic E-state index is -0.290. The third-order valence-electron chi connectivity index (χ3n) is 1.56. The van der Waals surface area contributed by atoms with E-state index in [1.165, 1.54) is 12.1 Å². The van der Waals surface area contributed by atoms with Crippen molar-refractivity contribution < 1.29 is 18.7 Å². The maximum Gasteiger partial charge on any atom is 0.293 e. The summed E-state index contributed by atoms with van der Waals surface area (Å²) in [6.07, 6.45) is 0.621. The van der Waals surface area contributed by atoms with Crippen molar-refractivity contribution in [3.05, 3.63) is 30.1 Å². The maximum atomic E-state index is 12.5. The Bertz CT molecular complexity index is 271. The molecule has 1 rings (SSSR count). The highest BCUT2D eigenvalue weighted by atomic mass is 19.1. The van der Waals surface area contributed by atoms with Crippen molar-refractivity contribution in [2.24, 2.45) is 0 Å². The van der Waals surface area contributed by atoms with Gasteiger partial charge < -0.3 is 9.47 Å². The fourth-order valence-corrected chi connectivity index (χ4v) is 0.911. The molecule has 0 fully saturated rings. The van der Waals surface area contributed by atoms with E-state index in [2.05, 4.69) is 4.74 Å². The van der Waals surface area contributed by atoms with Crippen LogP contribution in [0.4, 0.5) is 4.39 Å². The number of carbonyl (C=O) groups excluding carboxylic acids is 1. The van der Waals surface area contributed by atoms with Gasteiger partial charge in [0, 0.05) is 6.42 Å². The van der Waals surface area contributed by atoms with E-state index in [-0.39, 0.29) is 5.82 Å². The van der Waals surface area contributed by atoms with E-state index in [1.54, 1.807) is 12.1 Å². The number of halogens is 1. The van der Waals surface area contributed by atoms with Crippen molar-refractivity contribution in [1.29, 1.82) is 0 Å². The van der Waals surface area contributed by atoms with Crippen LogP contribution in [0.25, 0.3) is 0 Å². The Kier molecular flexibility index (Phi) is 4.47. The molecule has 0 radical (unpaired) electrons. The normalized spacial score (nSPS) is 9.50. The quantitative estimate of drug-likeness (QED) is 0.516. The zero-order valence-electron chi connectivity index (χ0n) is 7.61. The maximum absolute atomic E-state index is 12.5. The predicted molar refractivity (Wildman–Crippen MR) is 48.5 cm³/mol. The monoisotopic (exact) mass is 198 g/mol. The first-order valence-corrected chi connectivity index (χ1v) is 4.26. The molecule has 14 heavy (non-hydrogen) atoms. The minimum Gasteiger partial charge on any atom is -0.493 e. The number of benzene rings is 1. The van der Waals surface area contributed by atoms with E-state index < -0.39 is 0 Å². The second-order valence-electron chi connectivity index (χ2n) is 2.62. The molecule has 0 N–H and O–H groups in total. The first-order chi connectivity index (χ1) is 6.83. The third kappa shape index (κ3) is 3.89. The van der Waals surface area contributed by atoms with Crippen molar-refractivity contribution >= 4 is 6.47 Å². The highest BCUT2D eigenvalue weighted by molar-refractivity contribution is 5.36. The SMILES string of the molecule is O=COCCCOc1ccc(F)cc1. The molecule has 0 unspecified atom stereocenters. The Balaban J connectivity index is 2.18. The Morgan fingerprint density at radius 2 is 1.93 bits per heavy atom. The minimum absolute atomic E-state index is 0.290. The van der Waals surface area contributed by atoms with Crippen LogP contribution in [0.2, 0.25) is 0 Å². The molecule has 0 spiro atoms. The summed E-state index contributed by atoms with van der Waals surface area (Å²) < 4.78 is 22.2. The van der Waals surface area contributed by atoms with E-state index in [9.17, 15) is 9.18 Å². The fraction of sp³-hybridized carbons (Fsp3) is 0.300. The topological polar surface area (TPSA) is 35.5 Å². The number of hydrogen-bond acceptors (Lipinski definition) is 3. The Morgan fingerprint density at radius 1 is 1.21 bits per heavy atom. The molecule has 0 heterocycles. The van der Waals surface area contributed by atoms with Gasteiger partial charge in [0.1, 0.15) is 11.6 Å². The van der Waals surface area contributed by atoms with Gasteiger partial charge in [0.05, 0.1) is 13.2 Å². The van der Waals surface area contributed by atoms with Gasteiger partial charge in [-0.25, -0.2) is 4.39 Å². The van der Waals surface area contributed by atoms with Gasteiger partial charge in [0.25, 0.3) is 6.47 Å². The Morgan fingerprint density at radius 3 is 2.57 bits per heavy atom. The molecular weight excluding hydrogens is 187 g/mol. The molecule has 76 valence electrons. The van der Waals surface area contributed by atoms with E-state index in [0.717, 1.165) is 0 Å². The number of hydrogen-bond donors (Lipinski definition) is 0. The van der Waals surface area contributed by atoms with E-state index in [0.29, 0.717) is 31.9 Å². The van der Waals surface area contributed by atoms with Crippen molar-refractivity contribution in [2.75, 3.05) is 13.2 Å². The molecular formula is C10H11FO3. The van der Waals surface area contributed by atoms with Crippen LogP contribution in [-0.2, 0) is 9.53 Å². The molecule has 0 aliphatic heterocycles. The lowest BCUT2D eigenvalue weighted by Crippen LogP contribution is -2.02. The highest BCUT2D eigenvalue weighted by Gasteiger charge is 1.94. The van der Waals surface area contributed by atoms with Crippen molar-refractivity contribution in [1.82, 2.24) is 0 Å². The van der Waals surface area contributed by atoms with E-state index in [1.807, 2.05) is 0 Å². The van der Waals surface area contributed by atoms with E-state index in [4.69, 9.17) is 4.74 Å². The van der Waals surface area contributed by atoms with Gasteiger partial charge in [-0.3, -0.25) is 4.79 Å². The number of ether oxygens (including phenoxy) is 2. The summed E-state index contributed by atoms with van der Waals surface area (Å²) in [7, 11) is 0. The van der Waals surface area contributed by atoms with Gasteiger partial charge >= 0.3 is 0 Å². The van der Waals surface area contributed by atoms with Crippen LogP contribution in [0.5, 0.6) is 5.75 Å². The van der Waals surface area contributed by atoms with E-state index >= 15 is 0 Å². The summed E-state index contributed by atoms with van der Waals surface area (Å²) in [6.45, 7) is 1.18. The zero-order valence-corrected chi connectivity index (χ0v) is 7.61. The smallest absolute Gasteiger partial charge is 0.293 e. The average Bonchev–Trinajstić information content (AvgIpc) is 2.21. The first kappa shape index (κ1) is 10.5. The molecule has 0 saturated carbocycles. The zero-order chi connectivity index (χ0) is 10.2. The van der Waals surface area contributed by atoms with Crippen LogP contribution >= 0.6 is 0 Å². The molecule has 1 aromatic rings.